The Labute approximate surface area is 187 Å². The molecule has 7 nitrogen and oxygen atoms in total. The zero-order valence-electron chi connectivity index (χ0n) is 16.8. The first-order valence-corrected chi connectivity index (χ1v) is 10.9. The van der Waals surface area contributed by atoms with E-state index < -0.39 is 11.2 Å². The van der Waals surface area contributed by atoms with E-state index >= 15 is 0 Å². The average molecular weight is 459 g/mol. The van der Waals surface area contributed by atoms with Crippen molar-refractivity contribution in [3.05, 3.63) is 69.0 Å². The Bertz CT molecular complexity index is 1240. The van der Waals surface area contributed by atoms with Crippen molar-refractivity contribution in [2.24, 2.45) is 0 Å². The molecule has 1 aliphatic heterocycles. The van der Waals surface area contributed by atoms with Gasteiger partial charge in [0.2, 0.25) is 0 Å². The zero-order valence-corrected chi connectivity index (χ0v) is 18.4. The van der Waals surface area contributed by atoms with Crippen molar-refractivity contribution in [3.63, 3.8) is 0 Å². The van der Waals surface area contributed by atoms with Crippen molar-refractivity contribution in [3.8, 4) is 0 Å². The minimum atomic E-state index is -0.522. The summed E-state index contributed by atoms with van der Waals surface area (Å²) in [6.07, 6.45) is 0.325. The molecule has 0 unspecified atom stereocenters. The number of aromatic nitrogens is 2. The Hall–Kier alpha value is -2.84. The van der Waals surface area contributed by atoms with E-state index in [2.05, 4.69) is 4.98 Å². The van der Waals surface area contributed by atoms with E-state index in [0.29, 0.717) is 27.5 Å². The Balaban J connectivity index is 1.85. The second-order valence-corrected chi connectivity index (χ2v) is 8.77. The van der Waals surface area contributed by atoms with Crippen LogP contribution in [0.3, 0.4) is 0 Å². The highest BCUT2D eigenvalue weighted by atomic mass is 35.5. The molecular formula is C22H19ClN2O5S. The number of thioether (sulfide) groups is 1. The van der Waals surface area contributed by atoms with Crippen LogP contribution in [0.4, 0.5) is 0 Å². The van der Waals surface area contributed by atoms with Gasteiger partial charge in [-0.25, -0.2) is 9.78 Å². The van der Waals surface area contributed by atoms with Crippen LogP contribution < -0.4 is 5.56 Å². The van der Waals surface area contributed by atoms with E-state index in [4.69, 9.17) is 21.1 Å². The lowest BCUT2D eigenvalue weighted by molar-refractivity contribution is -0.140. The van der Waals surface area contributed by atoms with E-state index in [0.717, 1.165) is 5.56 Å². The minimum absolute atomic E-state index is 0.194. The van der Waals surface area contributed by atoms with Crippen LogP contribution in [0, 0.1) is 0 Å². The van der Waals surface area contributed by atoms with Gasteiger partial charge in [0.05, 0.1) is 30.1 Å². The topological polar surface area (TPSA) is 87.5 Å². The van der Waals surface area contributed by atoms with Crippen LogP contribution in [0.25, 0.3) is 10.9 Å². The lowest BCUT2D eigenvalue weighted by Crippen LogP contribution is -2.25. The number of halogens is 1. The number of carbonyl (C=O) groups excluding carboxylic acids is 2. The van der Waals surface area contributed by atoms with Crippen molar-refractivity contribution in [1.82, 2.24) is 9.55 Å². The first kappa shape index (κ1) is 21.4. The van der Waals surface area contributed by atoms with Gasteiger partial charge in [0.1, 0.15) is 11.4 Å². The van der Waals surface area contributed by atoms with Crippen LogP contribution >= 0.6 is 23.4 Å². The Morgan fingerprint density at radius 1 is 1.29 bits per heavy atom. The second kappa shape index (κ2) is 8.72. The summed E-state index contributed by atoms with van der Waals surface area (Å²) in [6, 6.07) is 11.8. The van der Waals surface area contributed by atoms with E-state index in [1.54, 1.807) is 12.1 Å². The quantitative estimate of drug-likeness (QED) is 0.425. The van der Waals surface area contributed by atoms with Crippen LogP contribution in [0.15, 0.2) is 52.4 Å². The molecule has 31 heavy (non-hydrogen) atoms. The van der Waals surface area contributed by atoms with E-state index in [-0.39, 0.29) is 29.7 Å². The molecule has 160 valence electrons. The molecule has 1 fully saturated rings. The molecule has 1 aromatic heterocycles. The van der Waals surface area contributed by atoms with Crippen LogP contribution in [0.5, 0.6) is 0 Å². The number of nitrogens with zero attached hydrogens (tertiary/aromatic N) is 2. The number of rotatable bonds is 5. The Morgan fingerprint density at radius 3 is 2.74 bits per heavy atom. The van der Waals surface area contributed by atoms with Gasteiger partial charge in [-0.15, -0.1) is 0 Å². The third-order valence-electron chi connectivity index (χ3n) is 5.00. The minimum Gasteiger partial charge on any atom is -0.465 e. The summed E-state index contributed by atoms with van der Waals surface area (Å²) in [5.41, 5.74) is 1.10. The number of hydrogen-bond acceptors (Lipinski definition) is 7. The zero-order chi connectivity index (χ0) is 22.1. The highest BCUT2D eigenvalue weighted by molar-refractivity contribution is 8.00. The van der Waals surface area contributed by atoms with Crippen molar-refractivity contribution >= 4 is 46.2 Å². The van der Waals surface area contributed by atoms with Crippen molar-refractivity contribution < 1.29 is 19.1 Å². The molecule has 2 aromatic carbocycles. The van der Waals surface area contributed by atoms with Gasteiger partial charge in [0.25, 0.3) is 5.56 Å². The van der Waals surface area contributed by atoms with Crippen LogP contribution in [0.1, 0.15) is 29.3 Å². The molecule has 0 spiro atoms. The fraction of sp³-hybridized carbons (Fsp3) is 0.273. The van der Waals surface area contributed by atoms with Crippen LogP contribution in [0.2, 0.25) is 5.02 Å². The van der Waals surface area contributed by atoms with Crippen molar-refractivity contribution in [2.45, 2.75) is 36.4 Å². The molecule has 0 radical (unpaired) electrons. The van der Waals surface area contributed by atoms with Crippen LogP contribution in [-0.4, -0.2) is 40.0 Å². The average Bonchev–Trinajstić information content (AvgIpc) is 3.07. The molecule has 9 heteroatoms. The molecule has 0 saturated carbocycles. The van der Waals surface area contributed by atoms with E-state index in [1.165, 1.54) is 35.6 Å². The lowest BCUT2D eigenvalue weighted by Gasteiger charge is -2.15. The molecule has 0 N–H and O–H groups in total. The number of esters is 2. The maximum Gasteiger partial charge on any atom is 0.337 e. The summed E-state index contributed by atoms with van der Waals surface area (Å²) in [7, 11) is 1.29. The van der Waals surface area contributed by atoms with Gasteiger partial charge in [0, 0.05) is 11.4 Å². The molecule has 4 rings (SSSR count). The maximum atomic E-state index is 13.4. The third kappa shape index (κ3) is 4.31. The first-order chi connectivity index (χ1) is 14.9. The summed E-state index contributed by atoms with van der Waals surface area (Å²) in [5.74, 6) is -0.856. The molecule has 1 saturated heterocycles. The van der Waals surface area contributed by atoms with Crippen molar-refractivity contribution in [1.29, 1.82) is 0 Å². The molecule has 0 bridgehead atoms. The highest BCUT2D eigenvalue weighted by Gasteiger charge is 2.34. The number of ether oxygens (including phenoxy) is 2. The van der Waals surface area contributed by atoms with Gasteiger partial charge in [-0.2, -0.15) is 0 Å². The molecule has 2 heterocycles. The van der Waals surface area contributed by atoms with Gasteiger partial charge in [-0.1, -0.05) is 41.6 Å². The summed E-state index contributed by atoms with van der Waals surface area (Å²) < 4.78 is 11.5. The van der Waals surface area contributed by atoms with E-state index in [9.17, 15) is 14.4 Å². The summed E-state index contributed by atoms with van der Waals surface area (Å²) in [4.78, 5) is 42.1. The molecule has 0 aliphatic carbocycles. The number of methoxy groups -OCH3 is 1. The monoisotopic (exact) mass is 458 g/mol. The number of cyclic esters (lactones) is 1. The summed E-state index contributed by atoms with van der Waals surface area (Å²) in [5, 5.41) is 0.767. The smallest absolute Gasteiger partial charge is 0.337 e. The molecule has 2 atom stereocenters. The molecule has 0 amide bonds. The first-order valence-electron chi connectivity index (χ1n) is 9.61. The van der Waals surface area contributed by atoms with Gasteiger partial charge < -0.3 is 9.47 Å². The van der Waals surface area contributed by atoms with Crippen molar-refractivity contribution in [2.75, 3.05) is 7.11 Å². The summed E-state index contributed by atoms with van der Waals surface area (Å²) in [6.45, 7) is 2.02. The predicted octanol–water partition coefficient (Wildman–Crippen LogP) is 3.68. The normalized spacial score (nSPS) is 18.2. The fourth-order valence-electron chi connectivity index (χ4n) is 3.42. The van der Waals surface area contributed by atoms with Gasteiger partial charge in [0.15, 0.2) is 5.16 Å². The van der Waals surface area contributed by atoms with Gasteiger partial charge >= 0.3 is 11.9 Å². The molecule has 1 aliphatic rings. The molecular weight excluding hydrogens is 440 g/mol. The number of hydrogen-bond donors (Lipinski definition) is 0. The number of carbonyl (C=O) groups is 2. The van der Waals surface area contributed by atoms with Gasteiger partial charge in [-0.05, 0) is 36.8 Å². The Morgan fingerprint density at radius 2 is 2.06 bits per heavy atom. The third-order valence-corrected chi connectivity index (χ3v) is 6.56. The fourth-order valence-corrected chi connectivity index (χ4v) is 4.81. The lowest BCUT2D eigenvalue weighted by atomic mass is 10.1. The standard InChI is InChI=1S/C22H19ClN2O5S/c1-12-9-18(21(28)30-12)31-22-24-17-10-13(20(27)29-2)7-8-15(17)19(26)25(22)11-14-5-3-4-6-16(14)23/h3-8,10,12,18H,9,11H2,1-2H3/t12-,18+/m1/s1. The summed E-state index contributed by atoms with van der Waals surface area (Å²) >= 11 is 7.50. The predicted molar refractivity (Wildman–Crippen MR) is 118 cm³/mol. The highest BCUT2D eigenvalue weighted by Crippen LogP contribution is 2.32. The van der Waals surface area contributed by atoms with E-state index in [1.807, 2.05) is 25.1 Å². The Kier molecular flexibility index (Phi) is 6.02. The SMILES string of the molecule is COC(=O)c1ccc2c(=O)n(Cc3ccccc3Cl)c(S[C@H]3C[C@@H](C)OC3=O)nc2c1. The molecule has 3 aromatic rings. The second-order valence-electron chi connectivity index (χ2n) is 7.19. The maximum absolute atomic E-state index is 13.4. The number of fused-ring (bicyclic) bond motifs is 1. The number of benzene rings is 2. The largest absolute Gasteiger partial charge is 0.465 e. The van der Waals surface area contributed by atoms with Gasteiger partial charge in [-0.3, -0.25) is 14.2 Å². The van der Waals surface area contributed by atoms with Crippen LogP contribution in [-0.2, 0) is 20.8 Å².